The molecular weight excluding hydrogens is 264 g/mol. The normalized spacial score (nSPS) is 13.3. The van der Waals surface area contributed by atoms with E-state index >= 15 is 0 Å². The first-order valence-corrected chi connectivity index (χ1v) is 6.54. The van der Waals surface area contributed by atoms with Crippen molar-refractivity contribution < 1.29 is 14.6 Å². The molecule has 0 bridgehead atoms. The van der Waals surface area contributed by atoms with Crippen molar-refractivity contribution in [1.82, 2.24) is 0 Å². The Morgan fingerprint density at radius 3 is 2.43 bits per heavy atom. The minimum atomic E-state index is -0.964. The van der Waals surface area contributed by atoms with E-state index < -0.39 is 5.97 Å². The van der Waals surface area contributed by atoms with Crippen molar-refractivity contribution in [3.05, 3.63) is 77.4 Å². The highest BCUT2D eigenvalue weighted by atomic mass is 16.5. The predicted molar refractivity (Wildman–Crippen MR) is 82.1 cm³/mol. The molecule has 0 atom stereocenters. The molecule has 0 amide bonds. The fraction of sp³-hybridized carbons (Fsp3) is 0.0556. The molecule has 0 spiro atoms. The lowest BCUT2D eigenvalue weighted by Gasteiger charge is -2.07. The number of carboxylic acids is 1. The molecule has 0 radical (unpaired) electrons. The van der Waals surface area contributed by atoms with E-state index in [1.54, 1.807) is 7.11 Å². The Morgan fingerprint density at radius 2 is 1.81 bits per heavy atom. The van der Waals surface area contributed by atoms with Gasteiger partial charge in [0.25, 0.3) is 0 Å². The van der Waals surface area contributed by atoms with E-state index in [0.717, 1.165) is 16.7 Å². The number of hydrogen-bond acceptors (Lipinski definition) is 2. The third-order valence-electron chi connectivity index (χ3n) is 3.65. The first kappa shape index (κ1) is 13.2. The number of fused-ring (bicyclic) bond motifs is 1. The third kappa shape index (κ3) is 2.03. The van der Waals surface area contributed by atoms with Crippen LogP contribution in [0.15, 0.2) is 60.7 Å². The second kappa shape index (κ2) is 4.94. The summed E-state index contributed by atoms with van der Waals surface area (Å²) in [5, 5.41) is 9.56. The molecule has 0 fully saturated rings. The van der Waals surface area contributed by atoms with Gasteiger partial charge in [-0.25, -0.2) is 4.79 Å². The van der Waals surface area contributed by atoms with Gasteiger partial charge in [-0.3, -0.25) is 0 Å². The SMILES string of the molecule is C=C1C(C(=O)O)=C(c2ccccc2)c2ccc(OC)cc21. The summed E-state index contributed by atoms with van der Waals surface area (Å²) in [7, 11) is 1.59. The highest BCUT2D eigenvalue weighted by Gasteiger charge is 2.30. The van der Waals surface area contributed by atoms with Crippen molar-refractivity contribution in [1.29, 1.82) is 0 Å². The van der Waals surface area contributed by atoms with Crippen LogP contribution in [0.4, 0.5) is 0 Å². The molecule has 1 aliphatic carbocycles. The Hall–Kier alpha value is -2.81. The van der Waals surface area contributed by atoms with Crippen molar-refractivity contribution in [2.24, 2.45) is 0 Å². The second-order valence-electron chi connectivity index (χ2n) is 4.81. The topological polar surface area (TPSA) is 46.5 Å². The second-order valence-corrected chi connectivity index (χ2v) is 4.81. The van der Waals surface area contributed by atoms with Crippen molar-refractivity contribution >= 4 is 17.1 Å². The number of benzene rings is 2. The van der Waals surface area contributed by atoms with Crippen LogP contribution in [-0.4, -0.2) is 18.2 Å². The number of methoxy groups -OCH3 is 1. The van der Waals surface area contributed by atoms with Gasteiger partial charge in [0.15, 0.2) is 0 Å². The van der Waals surface area contributed by atoms with Crippen LogP contribution in [0.25, 0.3) is 11.1 Å². The maximum Gasteiger partial charge on any atom is 0.336 e. The van der Waals surface area contributed by atoms with Gasteiger partial charge in [0.2, 0.25) is 0 Å². The Bertz CT molecular complexity index is 770. The Balaban J connectivity index is 2.28. The van der Waals surface area contributed by atoms with Gasteiger partial charge in [-0.2, -0.15) is 0 Å². The third-order valence-corrected chi connectivity index (χ3v) is 3.65. The van der Waals surface area contributed by atoms with Crippen molar-refractivity contribution in [2.75, 3.05) is 7.11 Å². The molecule has 1 aliphatic rings. The summed E-state index contributed by atoms with van der Waals surface area (Å²) in [6.07, 6.45) is 0. The number of ether oxygens (including phenoxy) is 1. The van der Waals surface area contributed by atoms with Gasteiger partial charge >= 0.3 is 5.97 Å². The van der Waals surface area contributed by atoms with E-state index in [2.05, 4.69) is 6.58 Å². The average molecular weight is 278 g/mol. The van der Waals surface area contributed by atoms with E-state index in [9.17, 15) is 9.90 Å². The maximum absolute atomic E-state index is 11.7. The molecule has 3 nitrogen and oxygen atoms in total. The van der Waals surface area contributed by atoms with Crippen LogP contribution >= 0.6 is 0 Å². The lowest BCUT2D eigenvalue weighted by molar-refractivity contribution is -0.132. The van der Waals surface area contributed by atoms with Gasteiger partial charge < -0.3 is 9.84 Å². The number of hydrogen-bond donors (Lipinski definition) is 1. The number of rotatable bonds is 3. The average Bonchev–Trinajstić information content (AvgIpc) is 2.81. The fourth-order valence-corrected chi connectivity index (χ4v) is 2.68. The molecule has 0 aliphatic heterocycles. The highest BCUT2D eigenvalue weighted by molar-refractivity contribution is 6.19. The Labute approximate surface area is 122 Å². The van der Waals surface area contributed by atoms with E-state index in [0.29, 0.717) is 16.9 Å². The Morgan fingerprint density at radius 1 is 1.10 bits per heavy atom. The van der Waals surface area contributed by atoms with Crippen molar-refractivity contribution in [3.63, 3.8) is 0 Å². The molecule has 0 saturated carbocycles. The summed E-state index contributed by atoms with van der Waals surface area (Å²) < 4.78 is 5.22. The van der Waals surface area contributed by atoms with Crippen LogP contribution in [0.5, 0.6) is 5.75 Å². The van der Waals surface area contributed by atoms with Crippen LogP contribution in [0.3, 0.4) is 0 Å². The van der Waals surface area contributed by atoms with Crippen LogP contribution in [-0.2, 0) is 4.79 Å². The molecule has 0 saturated heterocycles. The zero-order valence-corrected chi connectivity index (χ0v) is 11.6. The minimum Gasteiger partial charge on any atom is -0.497 e. The number of aliphatic carboxylic acids is 1. The summed E-state index contributed by atoms with van der Waals surface area (Å²) in [6, 6.07) is 15.1. The molecule has 2 aromatic rings. The van der Waals surface area contributed by atoms with E-state index in [1.807, 2.05) is 48.5 Å². The van der Waals surface area contributed by atoms with E-state index in [4.69, 9.17) is 4.74 Å². The maximum atomic E-state index is 11.7. The first-order valence-electron chi connectivity index (χ1n) is 6.54. The molecule has 0 heterocycles. The highest BCUT2D eigenvalue weighted by Crippen LogP contribution is 2.44. The van der Waals surface area contributed by atoms with Crippen LogP contribution in [0.1, 0.15) is 16.7 Å². The first-order chi connectivity index (χ1) is 10.1. The van der Waals surface area contributed by atoms with E-state index in [1.165, 1.54) is 0 Å². The molecule has 3 heteroatoms. The van der Waals surface area contributed by atoms with Gasteiger partial charge in [0, 0.05) is 5.57 Å². The molecule has 1 N–H and O–H groups in total. The molecular formula is C18H14O3. The van der Waals surface area contributed by atoms with Gasteiger partial charge in [-0.05, 0) is 34.4 Å². The summed E-state index contributed by atoms with van der Waals surface area (Å²) in [5.41, 5.74) is 4.06. The standard InChI is InChI=1S/C18H14O3/c1-11-15-10-13(21-2)8-9-14(15)17(16(11)18(19)20)12-6-4-3-5-7-12/h3-10H,1H2,2H3,(H,19,20). The quantitative estimate of drug-likeness (QED) is 0.933. The van der Waals surface area contributed by atoms with Crippen LogP contribution in [0, 0.1) is 0 Å². The van der Waals surface area contributed by atoms with E-state index in [-0.39, 0.29) is 5.57 Å². The zero-order chi connectivity index (χ0) is 15.0. The molecule has 104 valence electrons. The molecule has 0 unspecified atom stereocenters. The van der Waals surface area contributed by atoms with Crippen LogP contribution in [0.2, 0.25) is 0 Å². The van der Waals surface area contributed by atoms with Crippen molar-refractivity contribution in [2.45, 2.75) is 0 Å². The smallest absolute Gasteiger partial charge is 0.336 e. The number of carboxylic acid groups (broad SMARTS) is 1. The monoisotopic (exact) mass is 278 g/mol. The minimum absolute atomic E-state index is 0.254. The summed E-state index contributed by atoms with van der Waals surface area (Å²) >= 11 is 0. The summed E-state index contributed by atoms with van der Waals surface area (Å²) in [6.45, 7) is 3.96. The van der Waals surface area contributed by atoms with Crippen molar-refractivity contribution in [3.8, 4) is 5.75 Å². The molecule has 2 aromatic carbocycles. The number of carbonyl (C=O) groups is 1. The van der Waals surface area contributed by atoms with Gasteiger partial charge in [0.1, 0.15) is 5.75 Å². The Kier molecular flexibility index (Phi) is 3.10. The van der Waals surface area contributed by atoms with Gasteiger partial charge in [-0.1, -0.05) is 43.0 Å². The largest absolute Gasteiger partial charge is 0.497 e. The lowest BCUT2D eigenvalue weighted by Crippen LogP contribution is -2.01. The molecule has 3 rings (SSSR count). The lowest BCUT2D eigenvalue weighted by atomic mass is 9.97. The fourth-order valence-electron chi connectivity index (χ4n) is 2.68. The predicted octanol–water partition coefficient (Wildman–Crippen LogP) is 3.61. The summed E-state index contributed by atoms with van der Waals surface area (Å²) in [5.74, 6) is -0.275. The summed E-state index contributed by atoms with van der Waals surface area (Å²) in [4.78, 5) is 11.7. The molecule has 21 heavy (non-hydrogen) atoms. The molecule has 0 aromatic heterocycles. The van der Waals surface area contributed by atoms with Gasteiger partial charge in [0.05, 0.1) is 12.7 Å². The zero-order valence-electron chi connectivity index (χ0n) is 11.6. The van der Waals surface area contributed by atoms with Gasteiger partial charge in [-0.15, -0.1) is 0 Å². The van der Waals surface area contributed by atoms with Crippen LogP contribution < -0.4 is 4.74 Å².